The maximum absolute atomic E-state index is 11.9. The average molecular weight is 333 g/mol. The van der Waals surface area contributed by atoms with E-state index in [0.717, 1.165) is 3.57 Å². The molecule has 0 aliphatic rings. The quantitative estimate of drug-likeness (QED) is 0.860. The van der Waals surface area contributed by atoms with Crippen molar-refractivity contribution in [1.82, 2.24) is 5.32 Å². The molecule has 88 valence electrons. The summed E-state index contributed by atoms with van der Waals surface area (Å²) < 4.78 is 6.16. The Bertz CT molecular complexity index is 360. The molecular formula is C12H16INO2. The third-order valence-corrected chi connectivity index (χ3v) is 2.78. The van der Waals surface area contributed by atoms with E-state index in [9.17, 15) is 4.79 Å². The molecule has 0 aromatic heterocycles. The monoisotopic (exact) mass is 333 g/mol. The van der Waals surface area contributed by atoms with Gasteiger partial charge in [0.25, 0.3) is 5.91 Å². The van der Waals surface area contributed by atoms with Gasteiger partial charge in [0.1, 0.15) is 0 Å². The van der Waals surface area contributed by atoms with Crippen LogP contribution in [0.15, 0.2) is 24.3 Å². The van der Waals surface area contributed by atoms with Gasteiger partial charge in [-0.3, -0.25) is 4.79 Å². The third kappa shape index (κ3) is 4.09. The van der Waals surface area contributed by atoms with Gasteiger partial charge in [-0.1, -0.05) is 0 Å². The number of carbonyl (C=O) groups is 1. The summed E-state index contributed by atoms with van der Waals surface area (Å²) in [7, 11) is 1.62. The molecule has 0 saturated carbocycles. The number of methoxy groups -OCH3 is 1. The summed E-state index contributed by atoms with van der Waals surface area (Å²) in [5, 5.41) is 2.93. The molecule has 0 saturated heterocycles. The predicted molar refractivity (Wildman–Crippen MR) is 72.6 cm³/mol. The number of benzene rings is 1. The van der Waals surface area contributed by atoms with Crippen LogP contribution in [0, 0.1) is 3.57 Å². The maximum Gasteiger partial charge on any atom is 0.251 e. The molecule has 0 bridgehead atoms. The second kappa shape index (κ2) is 5.63. The van der Waals surface area contributed by atoms with Gasteiger partial charge >= 0.3 is 0 Å². The van der Waals surface area contributed by atoms with Crippen molar-refractivity contribution >= 4 is 28.5 Å². The molecule has 0 heterocycles. The van der Waals surface area contributed by atoms with Gasteiger partial charge in [0, 0.05) is 16.2 Å². The molecule has 0 aliphatic carbocycles. The standard InChI is InChI=1S/C12H16INO2/c1-12(2,8-16-3)14-11(15)9-4-6-10(13)7-5-9/h4-7H,8H2,1-3H3,(H,14,15). The van der Waals surface area contributed by atoms with E-state index in [1.165, 1.54) is 0 Å². The number of amides is 1. The van der Waals surface area contributed by atoms with Gasteiger partial charge < -0.3 is 10.1 Å². The van der Waals surface area contributed by atoms with Crippen molar-refractivity contribution in [2.75, 3.05) is 13.7 Å². The summed E-state index contributed by atoms with van der Waals surface area (Å²) in [6.45, 7) is 4.35. The van der Waals surface area contributed by atoms with Crippen LogP contribution in [0.5, 0.6) is 0 Å². The summed E-state index contributed by atoms with van der Waals surface area (Å²) in [6, 6.07) is 7.47. The first-order valence-electron chi connectivity index (χ1n) is 5.01. The minimum absolute atomic E-state index is 0.0709. The van der Waals surface area contributed by atoms with E-state index >= 15 is 0 Å². The molecule has 1 aromatic rings. The fraction of sp³-hybridized carbons (Fsp3) is 0.417. The highest BCUT2D eigenvalue weighted by atomic mass is 127. The summed E-state index contributed by atoms with van der Waals surface area (Å²) in [6.07, 6.45) is 0. The van der Waals surface area contributed by atoms with E-state index in [0.29, 0.717) is 12.2 Å². The molecule has 16 heavy (non-hydrogen) atoms. The van der Waals surface area contributed by atoms with Gasteiger partial charge in [0.2, 0.25) is 0 Å². The largest absolute Gasteiger partial charge is 0.382 e. The van der Waals surface area contributed by atoms with Crippen molar-refractivity contribution in [3.63, 3.8) is 0 Å². The van der Waals surface area contributed by atoms with Gasteiger partial charge in [0.15, 0.2) is 0 Å². The van der Waals surface area contributed by atoms with Crippen LogP contribution in [0.1, 0.15) is 24.2 Å². The fourth-order valence-corrected chi connectivity index (χ4v) is 1.74. The molecule has 0 aliphatic heterocycles. The maximum atomic E-state index is 11.9. The molecule has 0 spiro atoms. The molecule has 4 heteroatoms. The van der Waals surface area contributed by atoms with Crippen LogP contribution in [0.4, 0.5) is 0 Å². The van der Waals surface area contributed by atoms with Crippen LogP contribution >= 0.6 is 22.6 Å². The summed E-state index contributed by atoms with van der Waals surface area (Å²) in [5.74, 6) is -0.0709. The van der Waals surface area contributed by atoms with Gasteiger partial charge in [-0.25, -0.2) is 0 Å². The lowest BCUT2D eigenvalue weighted by atomic mass is 10.1. The lowest BCUT2D eigenvalue weighted by Crippen LogP contribution is -2.46. The van der Waals surface area contributed by atoms with Crippen LogP contribution in [0.25, 0.3) is 0 Å². The molecule has 1 N–H and O–H groups in total. The molecule has 1 rings (SSSR count). The zero-order valence-corrected chi connectivity index (χ0v) is 11.9. The minimum atomic E-state index is -0.352. The van der Waals surface area contributed by atoms with Crippen LogP contribution in [-0.4, -0.2) is 25.2 Å². The normalized spacial score (nSPS) is 11.2. The number of ether oxygens (including phenoxy) is 1. The molecule has 1 amide bonds. The highest BCUT2D eigenvalue weighted by molar-refractivity contribution is 14.1. The number of rotatable bonds is 4. The van der Waals surface area contributed by atoms with E-state index in [1.54, 1.807) is 7.11 Å². The van der Waals surface area contributed by atoms with E-state index in [-0.39, 0.29) is 11.4 Å². The highest BCUT2D eigenvalue weighted by Gasteiger charge is 2.20. The predicted octanol–water partition coefficient (Wildman–Crippen LogP) is 2.45. The number of carbonyl (C=O) groups excluding carboxylic acids is 1. The Morgan fingerprint density at radius 2 is 1.94 bits per heavy atom. The van der Waals surface area contributed by atoms with Gasteiger partial charge in [-0.05, 0) is 60.7 Å². The first kappa shape index (κ1) is 13.4. The summed E-state index contributed by atoms with van der Waals surface area (Å²) in [5.41, 5.74) is 0.319. The second-order valence-corrected chi connectivity index (χ2v) is 5.52. The molecule has 3 nitrogen and oxygen atoms in total. The Labute approximate surface area is 110 Å². The summed E-state index contributed by atoms with van der Waals surface area (Å²) >= 11 is 2.21. The Kier molecular flexibility index (Phi) is 4.73. The lowest BCUT2D eigenvalue weighted by Gasteiger charge is -2.25. The van der Waals surface area contributed by atoms with Crippen molar-refractivity contribution in [2.24, 2.45) is 0 Å². The Hall–Kier alpha value is -0.620. The van der Waals surface area contributed by atoms with Crippen molar-refractivity contribution < 1.29 is 9.53 Å². The lowest BCUT2D eigenvalue weighted by molar-refractivity contribution is 0.0820. The van der Waals surface area contributed by atoms with Gasteiger partial charge in [-0.15, -0.1) is 0 Å². The molecule has 0 fully saturated rings. The molecular weight excluding hydrogens is 317 g/mol. The Morgan fingerprint density at radius 3 is 2.44 bits per heavy atom. The van der Waals surface area contributed by atoms with Crippen LogP contribution in [-0.2, 0) is 4.74 Å². The molecule has 0 radical (unpaired) electrons. The first-order valence-corrected chi connectivity index (χ1v) is 6.09. The minimum Gasteiger partial charge on any atom is -0.382 e. The smallest absolute Gasteiger partial charge is 0.251 e. The van der Waals surface area contributed by atoms with Crippen LogP contribution in [0.3, 0.4) is 0 Å². The topological polar surface area (TPSA) is 38.3 Å². The second-order valence-electron chi connectivity index (χ2n) is 4.28. The first-order chi connectivity index (χ1) is 7.44. The van der Waals surface area contributed by atoms with E-state index in [1.807, 2.05) is 38.1 Å². The van der Waals surface area contributed by atoms with Crippen molar-refractivity contribution in [3.05, 3.63) is 33.4 Å². The van der Waals surface area contributed by atoms with E-state index < -0.39 is 0 Å². The van der Waals surface area contributed by atoms with E-state index in [2.05, 4.69) is 27.9 Å². The fourth-order valence-electron chi connectivity index (χ4n) is 1.38. The highest BCUT2D eigenvalue weighted by Crippen LogP contribution is 2.09. The Morgan fingerprint density at radius 1 is 1.38 bits per heavy atom. The third-order valence-electron chi connectivity index (χ3n) is 2.06. The molecule has 0 atom stereocenters. The zero-order valence-electron chi connectivity index (χ0n) is 9.71. The number of halogens is 1. The molecule has 1 aromatic carbocycles. The van der Waals surface area contributed by atoms with E-state index in [4.69, 9.17) is 4.74 Å². The number of hydrogen-bond donors (Lipinski definition) is 1. The Balaban J connectivity index is 2.69. The van der Waals surface area contributed by atoms with Crippen molar-refractivity contribution in [2.45, 2.75) is 19.4 Å². The summed E-state index contributed by atoms with van der Waals surface area (Å²) in [4.78, 5) is 11.9. The number of nitrogens with one attached hydrogen (secondary N) is 1. The SMILES string of the molecule is COCC(C)(C)NC(=O)c1ccc(I)cc1. The average Bonchev–Trinajstić information content (AvgIpc) is 2.17. The van der Waals surface area contributed by atoms with Crippen molar-refractivity contribution in [1.29, 1.82) is 0 Å². The zero-order chi connectivity index (χ0) is 12.2. The molecule has 0 unspecified atom stereocenters. The van der Waals surface area contributed by atoms with Gasteiger partial charge in [-0.2, -0.15) is 0 Å². The van der Waals surface area contributed by atoms with Crippen LogP contribution < -0.4 is 5.32 Å². The van der Waals surface area contributed by atoms with Crippen LogP contribution in [0.2, 0.25) is 0 Å². The van der Waals surface area contributed by atoms with Gasteiger partial charge in [0.05, 0.1) is 12.1 Å². The number of hydrogen-bond acceptors (Lipinski definition) is 2. The van der Waals surface area contributed by atoms with Crippen molar-refractivity contribution in [3.8, 4) is 0 Å².